The molecule has 0 aliphatic heterocycles. The van der Waals surface area contributed by atoms with E-state index in [1.165, 1.54) is 45.2 Å². The first-order valence-corrected chi connectivity index (χ1v) is 16.8. The number of methoxy groups -OCH3 is 1. The van der Waals surface area contributed by atoms with Crippen LogP contribution in [0.3, 0.4) is 0 Å². The molecular formula is C36H36N4O8S. The number of amides is 2. The molecule has 5 rings (SSSR count). The topological polar surface area (TPSA) is 158 Å². The van der Waals surface area contributed by atoms with Crippen molar-refractivity contribution in [3.63, 3.8) is 0 Å². The van der Waals surface area contributed by atoms with E-state index in [0.717, 1.165) is 3.97 Å². The number of phenols is 1. The quantitative estimate of drug-likeness (QED) is 0.124. The number of aromatic hydroxyl groups is 1. The van der Waals surface area contributed by atoms with Crippen LogP contribution in [-0.4, -0.2) is 54.6 Å². The van der Waals surface area contributed by atoms with E-state index in [1.54, 1.807) is 60.7 Å². The van der Waals surface area contributed by atoms with Gasteiger partial charge in [0.05, 0.1) is 42.3 Å². The first kappa shape index (κ1) is 34.5. The zero-order valence-corrected chi connectivity index (χ0v) is 28.4. The number of benzene rings is 4. The van der Waals surface area contributed by atoms with Gasteiger partial charge in [-0.15, -0.1) is 0 Å². The van der Waals surface area contributed by atoms with Crippen molar-refractivity contribution in [3.05, 3.63) is 84.9 Å². The molecule has 1 heterocycles. The van der Waals surface area contributed by atoms with Crippen LogP contribution in [0.4, 0.5) is 11.4 Å². The second-order valence-electron chi connectivity index (χ2n) is 10.7. The fraction of sp³-hybridized carbons (Fsp3) is 0.194. The van der Waals surface area contributed by atoms with Crippen molar-refractivity contribution in [3.8, 4) is 56.9 Å². The second-order valence-corrected chi connectivity index (χ2v) is 12.5. The predicted octanol–water partition coefficient (Wildman–Crippen LogP) is 6.55. The molecule has 0 aliphatic carbocycles. The van der Waals surface area contributed by atoms with E-state index in [9.17, 15) is 23.1 Å². The molecule has 3 N–H and O–H groups in total. The number of hydrogen-bond acceptors (Lipinski definition) is 9. The minimum Gasteiger partial charge on any atom is -0.504 e. The van der Waals surface area contributed by atoms with E-state index < -0.39 is 27.6 Å². The SMILES string of the molecule is CCOc1ccc(-c2c(-c3ccc(OCC)cc3OC)nc(-c3cc(NC(C)=O)c(O)c(NC(C)=O)c3)n2S(=O)(=O)c2ccccc2)cc1. The molecule has 0 aliphatic rings. The Bertz CT molecular complexity index is 2070. The Kier molecular flexibility index (Phi) is 10.2. The number of hydrogen-bond donors (Lipinski definition) is 3. The number of nitrogens with one attached hydrogen (secondary N) is 2. The van der Waals surface area contributed by atoms with Gasteiger partial charge in [-0.05, 0) is 74.5 Å². The lowest BCUT2D eigenvalue weighted by molar-refractivity contribution is -0.115. The smallest absolute Gasteiger partial charge is 0.270 e. The van der Waals surface area contributed by atoms with Crippen LogP contribution in [0.15, 0.2) is 89.8 Å². The Labute approximate surface area is 284 Å². The first-order chi connectivity index (χ1) is 23.5. The summed E-state index contributed by atoms with van der Waals surface area (Å²) in [5.74, 6) is 0.000689. The van der Waals surface area contributed by atoms with Crippen LogP contribution < -0.4 is 24.8 Å². The third-order valence-corrected chi connectivity index (χ3v) is 8.99. The minimum absolute atomic E-state index is 0.0195. The molecule has 4 aromatic carbocycles. The van der Waals surface area contributed by atoms with E-state index in [2.05, 4.69) is 10.6 Å². The van der Waals surface area contributed by atoms with Gasteiger partial charge in [0.15, 0.2) is 11.6 Å². The van der Waals surface area contributed by atoms with Crippen molar-refractivity contribution in [1.29, 1.82) is 0 Å². The molecule has 12 nitrogen and oxygen atoms in total. The summed E-state index contributed by atoms with van der Waals surface area (Å²) in [6, 6.07) is 22.7. The van der Waals surface area contributed by atoms with Crippen molar-refractivity contribution in [1.82, 2.24) is 8.96 Å². The summed E-state index contributed by atoms with van der Waals surface area (Å²) in [4.78, 5) is 29.2. The van der Waals surface area contributed by atoms with Gasteiger partial charge in [-0.25, -0.2) is 17.4 Å². The summed E-state index contributed by atoms with van der Waals surface area (Å²) in [7, 11) is -2.91. The molecule has 254 valence electrons. The predicted molar refractivity (Wildman–Crippen MR) is 187 cm³/mol. The molecule has 1 aromatic heterocycles. The van der Waals surface area contributed by atoms with E-state index >= 15 is 0 Å². The highest BCUT2D eigenvalue weighted by Crippen LogP contribution is 2.45. The molecular weight excluding hydrogens is 648 g/mol. The summed E-state index contributed by atoms with van der Waals surface area (Å²) in [5, 5.41) is 16.1. The van der Waals surface area contributed by atoms with Gasteiger partial charge in [0.2, 0.25) is 11.8 Å². The average molecular weight is 685 g/mol. The highest BCUT2D eigenvalue weighted by Gasteiger charge is 2.32. The zero-order chi connectivity index (χ0) is 35.3. The number of imidazole rings is 1. The third-order valence-electron chi connectivity index (χ3n) is 7.29. The highest BCUT2D eigenvalue weighted by molar-refractivity contribution is 7.90. The molecule has 0 saturated carbocycles. The van der Waals surface area contributed by atoms with Crippen LogP contribution in [0.5, 0.6) is 23.0 Å². The molecule has 0 radical (unpaired) electrons. The van der Waals surface area contributed by atoms with Crippen molar-refractivity contribution in [2.75, 3.05) is 31.0 Å². The Balaban J connectivity index is 1.95. The Morgan fingerprint density at radius 3 is 1.92 bits per heavy atom. The van der Waals surface area contributed by atoms with Crippen LogP contribution in [0, 0.1) is 0 Å². The summed E-state index contributed by atoms with van der Waals surface area (Å²) in [6.07, 6.45) is 0. The minimum atomic E-state index is -4.40. The van der Waals surface area contributed by atoms with Crippen LogP contribution in [0.1, 0.15) is 27.7 Å². The van der Waals surface area contributed by atoms with E-state index in [-0.39, 0.29) is 39.0 Å². The zero-order valence-electron chi connectivity index (χ0n) is 27.6. The molecule has 49 heavy (non-hydrogen) atoms. The lowest BCUT2D eigenvalue weighted by Crippen LogP contribution is -2.16. The van der Waals surface area contributed by atoms with Crippen molar-refractivity contribution in [2.24, 2.45) is 0 Å². The molecule has 0 saturated heterocycles. The molecule has 13 heteroatoms. The van der Waals surface area contributed by atoms with Gasteiger partial charge in [0.25, 0.3) is 10.0 Å². The maximum atomic E-state index is 14.8. The van der Waals surface area contributed by atoms with E-state index in [4.69, 9.17) is 19.2 Å². The number of carbonyl (C=O) groups is 2. The highest BCUT2D eigenvalue weighted by atomic mass is 32.2. The summed E-state index contributed by atoms with van der Waals surface area (Å²) >= 11 is 0. The lowest BCUT2D eigenvalue weighted by atomic mass is 10.0. The molecule has 0 spiro atoms. The Morgan fingerprint density at radius 1 is 0.796 bits per heavy atom. The van der Waals surface area contributed by atoms with Gasteiger partial charge in [-0.2, -0.15) is 0 Å². The van der Waals surface area contributed by atoms with Crippen LogP contribution in [0.25, 0.3) is 33.9 Å². The molecule has 2 amide bonds. The van der Waals surface area contributed by atoms with Gasteiger partial charge < -0.3 is 30.0 Å². The average Bonchev–Trinajstić information content (AvgIpc) is 3.48. The molecule has 0 atom stereocenters. The Hall–Kier alpha value is -5.82. The number of carbonyl (C=O) groups excluding carboxylic acids is 2. The third kappa shape index (κ3) is 7.21. The van der Waals surface area contributed by atoms with Gasteiger partial charge in [0, 0.05) is 36.6 Å². The van der Waals surface area contributed by atoms with E-state index in [0.29, 0.717) is 41.6 Å². The van der Waals surface area contributed by atoms with Crippen molar-refractivity contribution < 1.29 is 37.3 Å². The normalized spacial score (nSPS) is 11.1. The van der Waals surface area contributed by atoms with Crippen LogP contribution >= 0.6 is 0 Å². The Morgan fingerprint density at radius 2 is 1.37 bits per heavy atom. The van der Waals surface area contributed by atoms with Gasteiger partial charge >= 0.3 is 0 Å². The maximum absolute atomic E-state index is 14.8. The molecule has 0 bridgehead atoms. The summed E-state index contributed by atoms with van der Waals surface area (Å²) < 4.78 is 47.8. The number of aromatic nitrogens is 2. The number of ether oxygens (including phenoxy) is 3. The van der Waals surface area contributed by atoms with Crippen molar-refractivity contribution in [2.45, 2.75) is 32.6 Å². The van der Waals surface area contributed by atoms with Gasteiger partial charge in [-0.1, -0.05) is 18.2 Å². The standard InChI is InChI=1S/C36H36N4O8S/c1-6-47-26-15-13-24(14-16-26)34-33(29-18-17-27(48-7-2)21-32(29)46-5)39-36(40(34)49(44,45)28-11-9-8-10-12-28)25-19-30(37-22(3)41)35(43)31(20-25)38-23(4)42/h8-21,43H,6-7H2,1-5H3,(H,37,41)(H,38,42). The van der Waals surface area contributed by atoms with Gasteiger partial charge in [-0.3, -0.25) is 9.59 Å². The number of phenolic OH excluding ortho intramolecular Hbond substituents is 1. The van der Waals surface area contributed by atoms with Crippen LogP contribution in [-0.2, 0) is 19.6 Å². The van der Waals surface area contributed by atoms with Gasteiger partial charge in [0.1, 0.15) is 22.9 Å². The van der Waals surface area contributed by atoms with Crippen LogP contribution in [0.2, 0.25) is 0 Å². The summed E-state index contributed by atoms with van der Waals surface area (Å²) in [6.45, 7) is 7.08. The monoisotopic (exact) mass is 684 g/mol. The number of nitrogens with zero attached hydrogens (tertiary/aromatic N) is 2. The molecule has 0 unspecified atom stereocenters. The molecule has 0 fully saturated rings. The van der Waals surface area contributed by atoms with Crippen molar-refractivity contribution >= 4 is 33.2 Å². The fourth-order valence-electron chi connectivity index (χ4n) is 5.29. The lowest BCUT2D eigenvalue weighted by Gasteiger charge is -2.17. The summed E-state index contributed by atoms with van der Waals surface area (Å²) in [5.41, 5.74) is 1.41. The second kappa shape index (κ2) is 14.5. The maximum Gasteiger partial charge on any atom is 0.270 e. The largest absolute Gasteiger partial charge is 0.504 e. The number of anilines is 2. The number of rotatable bonds is 12. The molecule has 5 aromatic rings. The first-order valence-electron chi connectivity index (χ1n) is 15.4. The fourth-order valence-corrected chi connectivity index (χ4v) is 6.81. The van der Waals surface area contributed by atoms with E-state index in [1.807, 2.05) is 13.8 Å².